The van der Waals surface area contributed by atoms with Gasteiger partial charge in [-0.2, -0.15) is 4.37 Å². The Hall–Kier alpha value is -1.54. The van der Waals surface area contributed by atoms with Crippen LogP contribution in [0.4, 0.5) is 9.52 Å². The number of rotatable bonds is 6. The van der Waals surface area contributed by atoms with E-state index >= 15 is 0 Å². The molecule has 1 atom stereocenters. The molecule has 21 heavy (non-hydrogen) atoms. The van der Waals surface area contributed by atoms with Crippen molar-refractivity contribution in [3.8, 4) is 5.75 Å². The maximum absolute atomic E-state index is 13.3. The minimum absolute atomic E-state index is 0.206. The second-order valence-electron chi connectivity index (χ2n) is 4.57. The Kier molecular flexibility index (Phi) is 5.24. The van der Waals surface area contributed by atoms with Gasteiger partial charge in [-0.05, 0) is 18.2 Å². The van der Waals surface area contributed by atoms with Crippen LogP contribution in [-0.4, -0.2) is 34.8 Å². The van der Waals surface area contributed by atoms with Gasteiger partial charge in [-0.25, -0.2) is 9.37 Å². The molecule has 114 valence electrons. The van der Waals surface area contributed by atoms with Crippen molar-refractivity contribution in [3.05, 3.63) is 35.4 Å². The Bertz CT molecular complexity index is 646. The average molecular weight is 329 g/mol. The molecule has 2 aromatic rings. The van der Waals surface area contributed by atoms with E-state index in [-0.39, 0.29) is 17.3 Å². The number of aromatic nitrogens is 2. The summed E-state index contributed by atoms with van der Waals surface area (Å²) in [5.74, 6) is 1.15. The Morgan fingerprint density at radius 2 is 2.14 bits per heavy atom. The van der Waals surface area contributed by atoms with Gasteiger partial charge >= 0.3 is 0 Å². The van der Waals surface area contributed by atoms with Gasteiger partial charge in [-0.15, -0.1) is 0 Å². The van der Waals surface area contributed by atoms with Crippen LogP contribution < -0.4 is 9.64 Å². The molecule has 0 aliphatic rings. The molecule has 0 radical (unpaired) electrons. The Morgan fingerprint density at radius 3 is 2.76 bits per heavy atom. The summed E-state index contributed by atoms with van der Waals surface area (Å²) in [6, 6.07) is 4.19. The molecule has 0 spiro atoms. The molecular weight excluding hydrogens is 313 g/mol. The summed E-state index contributed by atoms with van der Waals surface area (Å²) >= 11 is 1.26. The van der Waals surface area contributed by atoms with Crippen molar-refractivity contribution in [2.75, 3.05) is 26.1 Å². The first-order valence-electron chi connectivity index (χ1n) is 6.17. The molecule has 0 saturated carbocycles. The van der Waals surface area contributed by atoms with Crippen molar-refractivity contribution in [1.82, 2.24) is 9.36 Å². The summed E-state index contributed by atoms with van der Waals surface area (Å²) in [6.45, 7) is 0. The number of methoxy groups -OCH3 is 1. The third-order valence-electron chi connectivity index (χ3n) is 2.69. The molecule has 2 rings (SSSR count). The first kappa shape index (κ1) is 15.8. The van der Waals surface area contributed by atoms with Crippen molar-refractivity contribution in [1.29, 1.82) is 0 Å². The molecule has 5 nitrogen and oxygen atoms in total. The van der Waals surface area contributed by atoms with Crippen molar-refractivity contribution in [3.63, 3.8) is 0 Å². The molecular formula is C13H16FN3O2S2. The van der Waals surface area contributed by atoms with Crippen molar-refractivity contribution in [2.45, 2.75) is 11.5 Å². The highest BCUT2D eigenvalue weighted by Crippen LogP contribution is 2.22. The molecule has 1 aromatic carbocycles. The molecule has 0 N–H and O–H groups in total. The van der Waals surface area contributed by atoms with Crippen LogP contribution in [0.15, 0.2) is 18.2 Å². The normalized spacial score (nSPS) is 12.2. The standard InChI is InChI=1S/C13H16FN3O2S2/c1-17(2)13-15-12(16-20-13)8-21(18)7-9-6-10(14)4-5-11(9)19-3/h4-6H,7-8H2,1-3H3/t21-/m0/s1. The summed E-state index contributed by atoms with van der Waals surface area (Å²) in [7, 11) is 4.03. The van der Waals surface area contributed by atoms with Crippen molar-refractivity contribution < 1.29 is 13.3 Å². The smallest absolute Gasteiger partial charge is 0.204 e. The van der Waals surface area contributed by atoms with E-state index in [1.54, 1.807) is 0 Å². The lowest BCUT2D eigenvalue weighted by atomic mass is 10.2. The fourth-order valence-electron chi connectivity index (χ4n) is 1.71. The molecule has 0 fully saturated rings. The molecule has 1 heterocycles. The lowest BCUT2D eigenvalue weighted by molar-refractivity contribution is 0.410. The van der Waals surface area contributed by atoms with Crippen LogP contribution in [0.25, 0.3) is 0 Å². The number of benzene rings is 1. The summed E-state index contributed by atoms with van der Waals surface area (Å²) in [5.41, 5.74) is 0.582. The summed E-state index contributed by atoms with van der Waals surface area (Å²) in [5, 5.41) is 0.769. The Labute approximate surface area is 129 Å². The Balaban J connectivity index is 2.06. The quantitative estimate of drug-likeness (QED) is 0.813. The van der Waals surface area contributed by atoms with E-state index < -0.39 is 10.8 Å². The number of hydrogen-bond acceptors (Lipinski definition) is 6. The van der Waals surface area contributed by atoms with Crippen molar-refractivity contribution in [2.24, 2.45) is 0 Å². The Morgan fingerprint density at radius 1 is 1.38 bits per heavy atom. The first-order valence-corrected chi connectivity index (χ1v) is 8.43. The number of halogens is 1. The third-order valence-corrected chi connectivity index (χ3v) is 4.82. The van der Waals surface area contributed by atoms with E-state index in [2.05, 4.69) is 9.36 Å². The van der Waals surface area contributed by atoms with Gasteiger partial charge in [-0.3, -0.25) is 4.21 Å². The van der Waals surface area contributed by atoms with Crippen LogP contribution >= 0.6 is 11.5 Å². The zero-order valence-electron chi connectivity index (χ0n) is 12.0. The van der Waals surface area contributed by atoms with E-state index in [1.807, 2.05) is 19.0 Å². The van der Waals surface area contributed by atoms with Gasteiger partial charge in [0.05, 0.1) is 18.6 Å². The number of nitrogens with zero attached hydrogens (tertiary/aromatic N) is 3. The number of ether oxygens (including phenoxy) is 1. The zero-order valence-corrected chi connectivity index (χ0v) is 13.6. The van der Waals surface area contributed by atoms with E-state index in [0.717, 1.165) is 5.13 Å². The first-order chi connectivity index (χ1) is 9.99. The lowest BCUT2D eigenvalue weighted by Crippen LogP contribution is -2.08. The SMILES string of the molecule is COc1ccc(F)cc1C[S@](=O)Cc1nsc(N(C)C)n1. The van der Waals surface area contributed by atoms with E-state index in [4.69, 9.17) is 4.74 Å². The van der Waals surface area contributed by atoms with Gasteiger partial charge in [-0.1, -0.05) is 0 Å². The summed E-state index contributed by atoms with van der Waals surface area (Å²) in [6.07, 6.45) is 0. The average Bonchev–Trinajstić information content (AvgIpc) is 2.87. The molecule has 1 aromatic heterocycles. The van der Waals surface area contributed by atoms with Crippen LogP contribution in [0, 0.1) is 5.82 Å². The highest BCUT2D eigenvalue weighted by Gasteiger charge is 2.13. The predicted molar refractivity (Wildman–Crippen MR) is 82.7 cm³/mol. The lowest BCUT2D eigenvalue weighted by Gasteiger charge is -2.08. The van der Waals surface area contributed by atoms with Gasteiger partial charge in [0, 0.05) is 42.0 Å². The molecule has 0 aliphatic heterocycles. The number of hydrogen-bond donors (Lipinski definition) is 0. The van der Waals surface area contributed by atoms with Gasteiger partial charge in [0.2, 0.25) is 5.13 Å². The highest BCUT2D eigenvalue weighted by molar-refractivity contribution is 7.83. The second kappa shape index (κ2) is 6.95. The van der Waals surface area contributed by atoms with E-state index in [9.17, 15) is 8.60 Å². The fraction of sp³-hybridized carbons (Fsp3) is 0.385. The largest absolute Gasteiger partial charge is 0.496 e. The highest BCUT2D eigenvalue weighted by atomic mass is 32.2. The molecule has 0 aliphatic carbocycles. The maximum Gasteiger partial charge on any atom is 0.204 e. The minimum atomic E-state index is -1.23. The zero-order chi connectivity index (χ0) is 15.4. The van der Waals surface area contributed by atoms with Gasteiger partial charge in [0.15, 0.2) is 5.82 Å². The maximum atomic E-state index is 13.3. The predicted octanol–water partition coefficient (Wildman–Crippen LogP) is 2.20. The van der Waals surface area contributed by atoms with E-state index in [0.29, 0.717) is 17.1 Å². The van der Waals surface area contributed by atoms with Gasteiger partial charge in [0.1, 0.15) is 11.6 Å². The van der Waals surface area contributed by atoms with Crippen molar-refractivity contribution >= 4 is 27.5 Å². The monoisotopic (exact) mass is 329 g/mol. The van der Waals surface area contributed by atoms with Crippen LogP contribution in [-0.2, 0) is 22.3 Å². The topological polar surface area (TPSA) is 55.3 Å². The summed E-state index contributed by atoms with van der Waals surface area (Å²) < 4.78 is 34.8. The molecule has 0 unspecified atom stereocenters. The van der Waals surface area contributed by atoms with Gasteiger partial charge < -0.3 is 9.64 Å². The molecule has 8 heteroatoms. The van der Waals surface area contributed by atoms with Crippen LogP contribution in [0.3, 0.4) is 0 Å². The molecule has 0 saturated heterocycles. The van der Waals surface area contributed by atoms with Crippen LogP contribution in [0.5, 0.6) is 5.75 Å². The van der Waals surface area contributed by atoms with Gasteiger partial charge in [0.25, 0.3) is 0 Å². The molecule has 0 amide bonds. The fourth-order valence-corrected chi connectivity index (χ4v) is 3.49. The van der Waals surface area contributed by atoms with Crippen LogP contribution in [0.2, 0.25) is 0 Å². The third kappa shape index (κ3) is 4.21. The summed E-state index contributed by atoms with van der Waals surface area (Å²) in [4.78, 5) is 6.13. The minimum Gasteiger partial charge on any atom is -0.496 e. The van der Waals surface area contributed by atoms with Crippen LogP contribution in [0.1, 0.15) is 11.4 Å². The molecule has 0 bridgehead atoms. The number of anilines is 1. The van der Waals surface area contributed by atoms with E-state index in [1.165, 1.54) is 36.8 Å². The second-order valence-corrected chi connectivity index (χ2v) is 6.76.